The zero-order valence-electron chi connectivity index (χ0n) is 12.8. The molecule has 0 spiro atoms. The van der Waals surface area contributed by atoms with Gasteiger partial charge in [0.15, 0.2) is 0 Å². The molecule has 2 rings (SSSR count). The molecule has 0 aliphatic rings. The van der Waals surface area contributed by atoms with Gasteiger partial charge in [0.1, 0.15) is 5.75 Å². The Balaban J connectivity index is 2.26. The predicted molar refractivity (Wildman–Crippen MR) is 90.8 cm³/mol. The molecule has 0 bridgehead atoms. The van der Waals surface area contributed by atoms with Gasteiger partial charge >= 0.3 is 0 Å². The molecule has 0 unspecified atom stereocenters. The van der Waals surface area contributed by atoms with Crippen LogP contribution in [0.15, 0.2) is 54.6 Å². The van der Waals surface area contributed by atoms with Crippen molar-refractivity contribution in [2.24, 2.45) is 0 Å². The molecular formula is C17H14N2O5. The number of methoxy groups -OCH3 is 1. The third kappa shape index (κ3) is 4.04. The molecule has 2 aromatic carbocycles. The summed E-state index contributed by atoms with van der Waals surface area (Å²) < 4.78 is 5.06. The number of nitro groups is 2. The molecule has 7 nitrogen and oxygen atoms in total. The van der Waals surface area contributed by atoms with E-state index in [0.717, 1.165) is 0 Å². The predicted octanol–water partition coefficient (Wildman–Crippen LogP) is 4.24. The van der Waals surface area contributed by atoms with E-state index in [2.05, 4.69) is 0 Å². The first-order valence-corrected chi connectivity index (χ1v) is 6.93. The average Bonchev–Trinajstić information content (AvgIpc) is 2.58. The van der Waals surface area contributed by atoms with Crippen molar-refractivity contribution in [1.29, 1.82) is 0 Å². The van der Waals surface area contributed by atoms with E-state index >= 15 is 0 Å². The number of nitrogens with zero attached hydrogens (tertiary/aromatic N) is 2. The minimum atomic E-state index is -0.481. The molecule has 0 saturated carbocycles. The van der Waals surface area contributed by atoms with Crippen LogP contribution in [-0.4, -0.2) is 17.0 Å². The quantitative estimate of drug-likeness (QED) is 0.449. The van der Waals surface area contributed by atoms with Crippen LogP contribution in [-0.2, 0) is 0 Å². The first-order valence-electron chi connectivity index (χ1n) is 6.93. The smallest absolute Gasteiger partial charge is 0.276 e. The molecule has 122 valence electrons. The lowest BCUT2D eigenvalue weighted by molar-refractivity contribution is -0.385. The van der Waals surface area contributed by atoms with Crippen LogP contribution in [0.25, 0.3) is 12.2 Å². The summed E-state index contributed by atoms with van der Waals surface area (Å²) in [5, 5.41) is 22.0. The first kappa shape index (κ1) is 16.9. The second-order valence-electron chi connectivity index (χ2n) is 4.72. The molecule has 0 N–H and O–H groups in total. The van der Waals surface area contributed by atoms with Crippen LogP contribution in [0.3, 0.4) is 0 Å². The summed E-state index contributed by atoms with van der Waals surface area (Å²) in [7, 11) is 1.48. The van der Waals surface area contributed by atoms with Gasteiger partial charge in [0, 0.05) is 12.1 Å². The van der Waals surface area contributed by atoms with Crippen molar-refractivity contribution in [3.8, 4) is 5.75 Å². The fraction of sp³-hybridized carbons (Fsp3) is 0.0588. The van der Waals surface area contributed by atoms with Gasteiger partial charge in [0.25, 0.3) is 11.4 Å². The van der Waals surface area contributed by atoms with Crippen molar-refractivity contribution in [2.75, 3.05) is 7.11 Å². The third-order valence-corrected chi connectivity index (χ3v) is 3.23. The van der Waals surface area contributed by atoms with Crippen LogP contribution in [0.5, 0.6) is 5.75 Å². The zero-order valence-corrected chi connectivity index (χ0v) is 12.8. The average molecular weight is 326 g/mol. The Labute approximate surface area is 137 Å². The van der Waals surface area contributed by atoms with Crippen molar-refractivity contribution in [1.82, 2.24) is 0 Å². The van der Waals surface area contributed by atoms with E-state index in [1.54, 1.807) is 48.6 Å². The van der Waals surface area contributed by atoms with E-state index in [4.69, 9.17) is 4.74 Å². The van der Waals surface area contributed by atoms with Crippen LogP contribution in [0, 0.1) is 20.2 Å². The highest BCUT2D eigenvalue weighted by molar-refractivity contribution is 5.67. The fourth-order valence-corrected chi connectivity index (χ4v) is 2.07. The number of hydrogen-bond acceptors (Lipinski definition) is 5. The van der Waals surface area contributed by atoms with E-state index in [1.165, 1.54) is 25.3 Å². The summed E-state index contributed by atoms with van der Waals surface area (Å²) in [4.78, 5) is 21.0. The van der Waals surface area contributed by atoms with Crippen LogP contribution in [0.4, 0.5) is 11.4 Å². The maximum Gasteiger partial charge on any atom is 0.276 e. The molecule has 0 atom stereocenters. The lowest BCUT2D eigenvalue weighted by atomic mass is 10.1. The molecular weight excluding hydrogens is 312 g/mol. The molecule has 0 aliphatic heterocycles. The van der Waals surface area contributed by atoms with E-state index in [9.17, 15) is 20.2 Å². The number of ether oxygens (including phenoxy) is 1. The van der Waals surface area contributed by atoms with E-state index in [1.807, 2.05) is 0 Å². The SMILES string of the molecule is COc1ccc([N+](=O)[O-])c(/C=C/C=C/c2ccccc2[N+](=O)[O-])c1. The Kier molecular flexibility index (Phi) is 5.40. The second-order valence-corrected chi connectivity index (χ2v) is 4.72. The second kappa shape index (κ2) is 7.68. The maximum atomic E-state index is 11.0. The lowest BCUT2D eigenvalue weighted by Crippen LogP contribution is -1.92. The van der Waals surface area contributed by atoms with Gasteiger partial charge in [-0.3, -0.25) is 20.2 Å². The minimum absolute atomic E-state index is 0.00508. The number of para-hydroxylation sites is 1. The van der Waals surface area contributed by atoms with Crippen LogP contribution < -0.4 is 4.74 Å². The van der Waals surface area contributed by atoms with Gasteiger partial charge in [-0.2, -0.15) is 0 Å². The van der Waals surface area contributed by atoms with Gasteiger partial charge in [-0.25, -0.2) is 0 Å². The number of benzene rings is 2. The van der Waals surface area contributed by atoms with Gasteiger partial charge in [0.2, 0.25) is 0 Å². The van der Waals surface area contributed by atoms with E-state index < -0.39 is 9.85 Å². The number of allylic oxidation sites excluding steroid dienone is 2. The minimum Gasteiger partial charge on any atom is -0.497 e. The highest BCUT2D eigenvalue weighted by atomic mass is 16.6. The largest absolute Gasteiger partial charge is 0.497 e. The Morgan fingerprint density at radius 2 is 1.46 bits per heavy atom. The Morgan fingerprint density at radius 3 is 2.08 bits per heavy atom. The topological polar surface area (TPSA) is 95.5 Å². The summed E-state index contributed by atoms with van der Waals surface area (Å²) >= 11 is 0. The summed E-state index contributed by atoms with van der Waals surface area (Å²) in [6.45, 7) is 0. The normalized spacial score (nSPS) is 11.0. The van der Waals surface area contributed by atoms with Gasteiger partial charge < -0.3 is 4.74 Å². The van der Waals surface area contributed by atoms with Crippen molar-refractivity contribution in [3.63, 3.8) is 0 Å². The molecule has 7 heteroatoms. The van der Waals surface area contributed by atoms with Crippen LogP contribution in [0.2, 0.25) is 0 Å². The molecule has 0 amide bonds. The molecule has 0 fully saturated rings. The Hall–Kier alpha value is -3.48. The Bertz CT molecular complexity index is 827. The number of hydrogen-bond donors (Lipinski definition) is 0. The molecule has 0 radical (unpaired) electrons. The highest BCUT2D eigenvalue weighted by Gasteiger charge is 2.12. The number of rotatable bonds is 6. The van der Waals surface area contributed by atoms with Crippen molar-refractivity contribution in [2.45, 2.75) is 0 Å². The number of nitro benzene ring substituents is 2. The van der Waals surface area contributed by atoms with Crippen molar-refractivity contribution < 1.29 is 14.6 Å². The summed E-state index contributed by atoms with van der Waals surface area (Å²) in [6.07, 6.45) is 6.29. The van der Waals surface area contributed by atoms with E-state index in [0.29, 0.717) is 16.9 Å². The standard InChI is InChI=1S/C17H14N2O5/c1-24-15-10-11-17(19(22)23)14(12-15)8-3-2-6-13-7-4-5-9-16(13)18(20)21/h2-12H,1H3/b6-2+,8-3+. The maximum absolute atomic E-state index is 11.0. The van der Waals surface area contributed by atoms with E-state index in [-0.39, 0.29) is 11.4 Å². The lowest BCUT2D eigenvalue weighted by Gasteiger charge is -2.01. The molecule has 24 heavy (non-hydrogen) atoms. The van der Waals surface area contributed by atoms with Gasteiger partial charge in [0.05, 0.1) is 28.1 Å². The fourth-order valence-electron chi connectivity index (χ4n) is 2.07. The molecule has 0 saturated heterocycles. The molecule has 0 aromatic heterocycles. The summed E-state index contributed by atoms with van der Waals surface area (Å²) in [5.41, 5.74) is 0.777. The Morgan fingerprint density at radius 1 is 0.875 bits per heavy atom. The summed E-state index contributed by atoms with van der Waals surface area (Å²) in [5.74, 6) is 0.503. The van der Waals surface area contributed by atoms with Crippen LogP contribution in [0.1, 0.15) is 11.1 Å². The van der Waals surface area contributed by atoms with Crippen molar-refractivity contribution in [3.05, 3.63) is 86.0 Å². The molecule has 0 aliphatic carbocycles. The monoisotopic (exact) mass is 326 g/mol. The molecule has 0 heterocycles. The summed E-state index contributed by atoms with van der Waals surface area (Å²) in [6, 6.07) is 10.7. The van der Waals surface area contributed by atoms with Gasteiger partial charge in [-0.05, 0) is 30.4 Å². The van der Waals surface area contributed by atoms with Crippen molar-refractivity contribution >= 4 is 23.5 Å². The highest BCUT2D eigenvalue weighted by Crippen LogP contribution is 2.25. The van der Waals surface area contributed by atoms with Gasteiger partial charge in [-0.1, -0.05) is 24.3 Å². The zero-order chi connectivity index (χ0) is 17.5. The first-order chi connectivity index (χ1) is 11.5. The van der Waals surface area contributed by atoms with Gasteiger partial charge in [-0.15, -0.1) is 0 Å². The molecule has 2 aromatic rings. The van der Waals surface area contributed by atoms with Crippen LogP contribution >= 0.6 is 0 Å². The third-order valence-electron chi connectivity index (χ3n) is 3.23.